The van der Waals surface area contributed by atoms with Crippen molar-refractivity contribution in [3.8, 4) is 5.69 Å². The molecule has 4 nitrogen and oxygen atoms in total. The second-order valence-corrected chi connectivity index (χ2v) is 4.87. The van der Waals surface area contributed by atoms with E-state index in [1.807, 2.05) is 46.9 Å². The van der Waals surface area contributed by atoms with Gasteiger partial charge in [-0.1, -0.05) is 0 Å². The Morgan fingerprint density at radius 3 is 2.74 bits per heavy atom. The number of aromatic nitrogens is 2. The molecule has 0 unspecified atom stereocenters. The van der Waals surface area contributed by atoms with Crippen LogP contribution in [-0.2, 0) is 0 Å². The summed E-state index contributed by atoms with van der Waals surface area (Å²) in [5, 5.41) is 0. The molecule has 98 valence electrons. The molecule has 4 heteroatoms. The molecule has 0 radical (unpaired) electrons. The van der Waals surface area contributed by atoms with E-state index >= 15 is 0 Å². The van der Waals surface area contributed by atoms with Crippen molar-refractivity contribution >= 4 is 5.91 Å². The van der Waals surface area contributed by atoms with Gasteiger partial charge >= 0.3 is 0 Å². The largest absolute Gasteiger partial charge is 0.337 e. The molecule has 0 saturated carbocycles. The summed E-state index contributed by atoms with van der Waals surface area (Å²) in [7, 11) is 0. The molecule has 0 aromatic carbocycles. The van der Waals surface area contributed by atoms with Crippen LogP contribution < -0.4 is 0 Å². The van der Waals surface area contributed by atoms with Crippen LogP contribution in [0.3, 0.4) is 0 Å². The first-order valence-corrected chi connectivity index (χ1v) is 6.66. The van der Waals surface area contributed by atoms with Gasteiger partial charge in [0, 0.05) is 25.5 Å². The summed E-state index contributed by atoms with van der Waals surface area (Å²) < 4.78 is 1.93. The molecule has 1 aliphatic rings. The zero-order valence-electron chi connectivity index (χ0n) is 11.0. The maximum Gasteiger partial charge on any atom is 0.270 e. The van der Waals surface area contributed by atoms with Gasteiger partial charge in [0.2, 0.25) is 0 Å². The summed E-state index contributed by atoms with van der Waals surface area (Å²) in [6.07, 6.45) is 5.91. The van der Waals surface area contributed by atoms with Gasteiger partial charge in [0.15, 0.2) is 0 Å². The van der Waals surface area contributed by atoms with E-state index in [4.69, 9.17) is 0 Å². The number of hydrogen-bond acceptors (Lipinski definition) is 2. The molecule has 3 heterocycles. The monoisotopic (exact) mass is 255 g/mol. The van der Waals surface area contributed by atoms with E-state index < -0.39 is 0 Å². The minimum absolute atomic E-state index is 0.116. The first-order chi connectivity index (χ1) is 9.27. The second kappa shape index (κ2) is 4.88. The molecule has 0 N–H and O–H groups in total. The average Bonchev–Trinajstić information content (AvgIpc) is 3.10. The van der Waals surface area contributed by atoms with Crippen molar-refractivity contribution in [2.24, 2.45) is 0 Å². The average molecular weight is 255 g/mol. The summed E-state index contributed by atoms with van der Waals surface area (Å²) >= 11 is 0. The van der Waals surface area contributed by atoms with E-state index in [9.17, 15) is 4.79 Å². The minimum atomic E-state index is 0.116. The van der Waals surface area contributed by atoms with Crippen LogP contribution >= 0.6 is 0 Å². The number of carbonyl (C=O) groups is 1. The fourth-order valence-corrected chi connectivity index (χ4v) is 2.58. The highest BCUT2D eigenvalue weighted by Gasteiger charge is 2.22. The maximum absolute atomic E-state index is 12.5. The van der Waals surface area contributed by atoms with Crippen LogP contribution in [0.2, 0.25) is 0 Å². The number of rotatable bonds is 2. The third kappa shape index (κ3) is 2.14. The zero-order valence-corrected chi connectivity index (χ0v) is 11.0. The van der Waals surface area contributed by atoms with Gasteiger partial charge in [-0.2, -0.15) is 0 Å². The number of likely N-dealkylation sites (tertiary alicyclic amines) is 1. The van der Waals surface area contributed by atoms with Gasteiger partial charge in [-0.15, -0.1) is 0 Å². The number of aryl methyl sites for hydroxylation is 1. The van der Waals surface area contributed by atoms with E-state index in [-0.39, 0.29) is 5.91 Å². The quantitative estimate of drug-likeness (QED) is 0.826. The number of nitrogens with zero attached hydrogens (tertiary/aromatic N) is 3. The fourth-order valence-electron chi connectivity index (χ4n) is 2.58. The lowest BCUT2D eigenvalue weighted by atomic mass is 10.3. The van der Waals surface area contributed by atoms with Crippen LogP contribution in [0.15, 0.2) is 36.7 Å². The van der Waals surface area contributed by atoms with Crippen molar-refractivity contribution in [3.05, 3.63) is 48.0 Å². The summed E-state index contributed by atoms with van der Waals surface area (Å²) in [5.74, 6) is 0.116. The van der Waals surface area contributed by atoms with Crippen molar-refractivity contribution in [1.82, 2.24) is 14.5 Å². The first kappa shape index (κ1) is 12.0. The van der Waals surface area contributed by atoms with Gasteiger partial charge in [0.05, 0.1) is 11.4 Å². The third-order valence-electron chi connectivity index (χ3n) is 3.60. The molecule has 0 bridgehead atoms. The van der Waals surface area contributed by atoms with Crippen LogP contribution in [0.5, 0.6) is 0 Å². The SMILES string of the molecule is Cc1ncccc1-n1cccc1C(=O)N1CCCC1. The highest BCUT2D eigenvalue weighted by atomic mass is 16.2. The van der Waals surface area contributed by atoms with Gasteiger partial charge < -0.3 is 9.47 Å². The van der Waals surface area contributed by atoms with Crippen LogP contribution in [0.4, 0.5) is 0 Å². The smallest absolute Gasteiger partial charge is 0.270 e. The fraction of sp³-hybridized carbons (Fsp3) is 0.333. The number of amides is 1. The normalized spacial score (nSPS) is 14.9. The summed E-state index contributed by atoms with van der Waals surface area (Å²) in [4.78, 5) is 18.7. The summed E-state index contributed by atoms with van der Waals surface area (Å²) in [5.41, 5.74) is 2.61. The van der Waals surface area contributed by atoms with Gasteiger partial charge in [0.1, 0.15) is 5.69 Å². The number of hydrogen-bond donors (Lipinski definition) is 0. The molecule has 1 saturated heterocycles. The van der Waals surface area contributed by atoms with Crippen molar-refractivity contribution in [3.63, 3.8) is 0 Å². The first-order valence-electron chi connectivity index (χ1n) is 6.66. The van der Waals surface area contributed by atoms with E-state index in [0.717, 1.165) is 43.0 Å². The Morgan fingerprint density at radius 1 is 1.21 bits per heavy atom. The van der Waals surface area contributed by atoms with Crippen LogP contribution in [0.25, 0.3) is 5.69 Å². The Bertz CT molecular complexity index is 597. The van der Waals surface area contributed by atoms with Gasteiger partial charge in [-0.3, -0.25) is 9.78 Å². The predicted molar refractivity (Wildman–Crippen MR) is 73.4 cm³/mol. The Morgan fingerprint density at radius 2 is 2.00 bits per heavy atom. The molecule has 19 heavy (non-hydrogen) atoms. The number of pyridine rings is 1. The highest BCUT2D eigenvalue weighted by Crippen LogP contribution is 2.18. The Labute approximate surface area is 112 Å². The van der Waals surface area contributed by atoms with Crippen LogP contribution in [0.1, 0.15) is 29.0 Å². The molecule has 3 rings (SSSR count). The lowest BCUT2D eigenvalue weighted by Crippen LogP contribution is -2.29. The highest BCUT2D eigenvalue weighted by molar-refractivity contribution is 5.93. The molecule has 2 aromatic rings. The van der Waals surface area contributed by atoms with Gasteiger partial charge in [0.25, 0.3) is 5.91 Å². The molecular weight excluding hydrogens is 238 g/mol. The predicted octanol–water partition coefficient (Wildman–Crippen LogP) is 2.42. The lowest BCUT2D eigenvalue weighted by molar-refractivity contribution is 0.0785. The van der Waals surface area contributed by atoms with E-state index in [1.165, 1.54) is 0 Å². The second-order valence-electron chi connectivity index (χ2n) is 4.87. The Balaban J connectivity index is 1.99. The standard InChI is InChI=1S/C15H17N3O/c1-12-13(6-4-8-16-12)18-11-5-7-14(18)15(19)17-9-2-3-10-17/h4-8,11H,2-3,9-10H2,1H3. The molecule has 1 fully saturated rings. The van der Waals surface area contributed by atoms with Crippen molar-refractivity contribution in [1.29, 1.82) is 0 Å². The molecular formula is C15H17N3O. The summed E-state index contributed by atoms with van der Waals surface area (Å²) in [6.45, 7) is 3.70. The van der Waals surface area contributed by atoms with Crippen molar-refractivity contribution < 1.29 is 4.79 Å². The van der Waals surface area contributed by atoms with Gasteiger partial charge in [-0.25, -0.2) is 0 Å². The lowest BCUT2D eigenvalue weighted by Gasteiger charge is -2.17. The van der Waals surface area contributed by atoms with E-state index in [1.54, 1.807) is 6.20 Å². The van der Waals surface area contributed by atoms with E-state index in [0.29, 0.717) is 0 Å². The Hall–Kier alpha value is -2.10. The molecule has 0 atom stereocenters. The third-order valence-corrected chi connectivity index (χ3v) is 3.60. The topological polar surface area (TPSA) is 38.1 Å². The maximum atomic E-state index is 12.5. The summed E-state index contributed by atoms with van der Waals surface area (Å²) in [6, 6.07) is 7.68. The van der Waals surface area contributed by atoms with Crippen LogP contribution in [-0.4, -0.2) is 33.4 Å². The molecule has 2 aromatic heterocycles. The molecule has 1 aliphatic heterocycles. The van der Waals surface area contributed by atoms with Crippen molar-refractivity contribution in [2.75, 3.05) is 13.1 Å². The molecule has 0 spiro atoms. The van der Waals surface area contributed by atoms with Crippen LogP contribution in [0, 0.1) is 6.92 Å². The zero-order chi connectivity index (χ0) is 13.2. The molecule has 1 amide bonds. The van der Waals surface area contributed by atoms with E-state index in [2.05, 4.69) is 4.98 Å². The van der Waals surface area contributed by atoms with Crippen molar-refractivity contribution in [2.45, 2.75) is 19.8 Å². The minimum Gasteiger partial charge on any atom is -0.337 e. The number of carbonyl (C=O) groups excluding carboxylic acids is 1. The van der Waals surface area contributed by atoms with Gasteiger partial charge in [-0.05, 0) is 44.0 Å². The Kier molecular flexibility index (Phi) is 3.07. The molecule has 0 aliphatic carbocycles.